The summed E-state index contributed by atoms with van der Waals surface area (Å²) in [4.78, 5) is 41.8. The molecule has 0 bridgehead atoms. The molecule has 4 heteroatoms. The van der Waals surface area contributed by atoms with E-state index in [1.807, 2.05) is 171 Å². The predicted molar refractivity (Wildman–Crippen MR) is 331 cm³/mol. The van der Waals surface area contributed by atoms with E-state index in [1.165, 1.54) is 30.4 Å². The quantitative estimate of drug-likeness (QED) is 0.117. The second kappa shape index (κ2) is 63.2. The lowest BCUT2D eigenvalue weighted by atomic mass is 10.0. The van der Waals surface area contributed by atoms with Gasteiger partial charge in [-0.25, -0.2) is 0 Å². The normalized spacial score (nSPS) is 8.99. The van der Waals surface area contributed by atoms with Gasteiger partial charge >= 0.3 is 0 Å². The third-order valence-electron chi connectivity index (χ3n) is 9.09. The molecule has 4 aromatic carbocycles. The minimum atomic E-state index is 0.0948. The largest absolute Gasteiger partial charge is 0.300 e. The first-order chi connectivity index (χ1) is 34.3. The number of hydrogen-bond donors (Lipinski definition) is 0. The first kappa shape index (κ1) is 84.9. The molecule has 0 fully saturated rings. The first-order valence-corrected chi connectivity index (χ1v) is 28.0. The van der Waals surface area contributed by atoms with Gasteiger partial charge in [-0.1, -0.05) is 301 Å². The van der Waals surface area contributed by atoms with Crippen molar-refractivity contribution >= 4 is 23.1 Å². The van der Waals surface area contributed by atoms with Gasteiger partial charge in [0.15, 0.2) is 5.78 Å². The van der Waals surface area contributed by atoms with Crippen molar-refractivity contribution in [2.45, 2.75) is 213 Å². The lowest BCUT2D eigenvalue weighted by molar-refractivity contribution is -0.120. The molecule has 0 saturated carbocycles. The SMILES string of the molecule is CC.CC.CC.CC.CC(=O)C(C)C.CC(=O)C(C)C.CC(=O)C(C)C.CC(C)C#Cc1ccccc1.CC(C)C(=O)c1ccccc1.CC(C)Cc1ccccc1.CC(C)Cc1ccccc1.CCC(C)C. The second-order valence-electron chi connectivity index (χ2n) is 18.9. The summed E-state index contributed by atoms with van der Waals surface area (Å²) in [5.41, 5.74) is 4.79. The Morgan fingerprint density at radius 1 is 0.370 bits per heavy atom. The van der Waals surface area contributed by atoms with E-state index in [4.69, 9.17) is 0 Å². The summed E-state index contributed by atoms with van der Waals surface area (Å²) < 4.78 is 0. The zero-order valence-electron chi connectivity index (χ0n) is 52.9. The van der Waals surface area contributed by atoms with Crippen LogP contribution in [0.4, 0.5) is 0 Å². The first-order valence-electron chi connectivity index (χ1n) is 28.0. The third kappa shape index (κ3) is 73.8. The summed E-state index contributed by atoms with van der Waals surface area (Å²) in [6.45, 7) is 55.8. The van der Waals surface area contributed by atoms with Gasteiger partial charge in [-0.2, -0.15) is 0 Å². The van der Waals surface area contributed by atoms with Gasteiger partial charge in [-0.3, -0.25) is 19.2 Å². The van der Waals surface area contributed by atoms with Crippen molar-refractivity contribution in [3.05, 3.63) is 144 Å². The standard InChI is InChI=1S/C11H12.C10H12O.2C10H14.3C5H10O.C5H12.4C2H6/c1-10(2)8-9-11-6-4-3-5-7-11;1-8(2)10(11)9-6-4-3-5-7-9;2*1-9(2)8-10-6-4-3-5-7-10;3*1-4(2)5(3)6;1-4-5(2)3;4*1-2/h3-7,10H,1-2H3;3-8H,1-2H3;2*3-7,9H,8H2,1-2H3;3*4H,1-3H3;5H,4H2,1-3H3;4*1-2H3. The molecule has 4 rings (SSSR count). The van der Waals surface area contributed by atoms with Crippen LogP contribution >= 0.6 is 0 Å². The molecule has 0 atom stereocenters. The maximum Gasteiger partial charge on any atom is 0.165 e. The van der Waals surface area contributed by atoms with Gasteiger partial charge in [0.05, 0.1) is 0 Å². The van der Waals surface area contributed by atoms with Crippen molar-refractivity contribution in [2.75, 3.05) is 0 Å². The topological polar surface area (TPSA) is 68.3 Å². The fourth-order valence-corrected chi connectivity index (χ4v) is 3.86. The average Bonchev–Trinajstić information content (AvgIpc) is 3.37. The van der Waals surface area contributed by atoms with Crippen molar-refractivity contribution in [3.63, 3.8) is 0 Å². The van der Waals surface area contributed by atoms with Gasteiger partial charge in [0.1, 0.15) is 17.3 Å². The molecule has 0 aromatic heterocycles. The number of benzene rings is 4. The number of hydrogen-bond acceptors (Lipinski definition) is 4. The molecular weight excluding hydrogens is 893 g/mol. The number of carbonyl (C=O) groups is 4. The Kier molecular flexibility index (Phi) is 73.6. The minimum Gasteiger partial charge on any atom is -0.300 e. The van der Waals surface area contributed by atoms with Gasteiger partial charge in [0.2, 0.25) is 0 Å². The third-order valence-corrected chi connectivity index (χ3v) is 9.09. The van der Waals surface area contributed by atoms with Crippen LogP contribution in [0.5, 0.6) is 0 Å². The van der Waals surface area contributed by atoms with Crippen LogP contribution in [0.1, 0.15) is 227 Å². The van der Waals surface area contributed by atoms with Gasteiger partial charge in [-0.15, -0.1) is 0 Å². The number of carbonyl (C=O) groups excluding carboxylic acids is 4. The summed E-state index contributed by atoms with van der Waals surface area (Å²) in [6, 6.07) is 40.7. The van der Waals surface area contributed by atoms with Crippen LogP contribution in [0.3, 0.4) is 0 Å². The van der Waals surface area contributed by atoms with E-state index in [0.717, 1.165) is 28.9 Å². The molecule has 4 aromatic rings. The Labute approximate surface area is 456 Å². The van der Waals surface area contributed by atoms with Crippen LogP contribution in [0.15, 0.2) is 121 Å². The maximum absolute atomic E-state index is 11.3. The molecule has 0 spiro atoms. The molecule has 4 nitrogen and oxygen atoms in total. The highest BCUT2D eigenvalue weighted by Gasteiger charge is 2.08. The highest BCUT2D eigenvalue weighted by atomic mass is 16.1. The fourth-order valence-electron chi connectivity index (χ4n) is 3.86. The fraction of sp³-hybridized carbons (Fsp3) is 0.565. The second-order valence-corrected chi connectivity index (χ2v) is 18.9. The summed E-state index contributed by atoms with van der Waals surface area (Å²) in [6.07, 6.45) is 3.70. The number of Topliss-reactive ketones (excluding diaryl/α,β-unsaturated/α-hetero) is 4. The molecule has 0 amide bonds. The molecular formula is C69H118O4. The van der Waals surface area contributed by atoms with Crippen molar-refractivity contribution in [1.29, 1.82) is 0 Å². The molecule has 0 saturated heterocycles. The van der Waals surface area contributed by atoms with Gasteiger partial charge in [0, 0.05) is 40.7 Å². The number of rotatable bonds is 10. The molecule has 0 N–H and O–H groups in total. The van der Waals surface area contributed by atoms with Crippen molar-refractivity contribution in [2.24, 2.45) is 47.3 Å². The van der Waals surface area contributed by atoms with Crippen LogP contribution in [-0.4, -0.2) is 23.1 Å². The summed E-state index contributed by atoms with van der Waals surface area (Å²) >= 11 is 0. The van der Waals surface area contributed by atoms with Gasteiger partial charge < -0.3 is 0 Å². The van der Waals surface area contributed by atoms with Crippen LogP contribution < -0.4 is 0 Å². The molecule has 73 heavy (non-hydrogen) atoms. The number of ketones is 4. The monoisotopic (exact) mass is 1010 g/mol. The highest BCUT2D eigenvalue weighted by Crippen LogP contribution is 2.08. The van der Waals surface area contributed by atoms with E-state index >= 15 is 0 Å². The van der Waals surface area contributed by atoms with E-state index in [2.05, 4.69) is 135 Å². The van der Waals surface area contributed by atoms with Crippen LogP contribution in [0.25, 0.3) is 0 Å². The van der Waals surface area contributed by atoms with E-state index in [-0.39, 0.29) is 46.8 Å². The van der Waals surface area contributed by atoms with Crippen molar-refractivity contribution in [1.82, 2.24) is 0 Å². The Hall–Kier alpha value is -4.88. The Morgan fingerprint density at radius 2 is 0.603 bits per heavy atom. The zero-order valence-corrected chi connectivity index (χ0v) is 52.9. The molecule has 0 aliphatic rings. The lowest BCUT2D eigenvalue weighted by Crippen LogP contribution is -2.06. The van der Waals surface area contributed by atoms with Crippen LogP contribution in [-0.2, 0) is 27.2 Å². The highest BCUT2D eigenvalue weighted by molar-refractivity contribution is 5.97. The predicted octanol–water partition coefficient (Wildman–Crippen LogP) is 20.8. The Bertz CT molecular complexity index is 1680. The average molecular weight is 1010 g/mol. The summed E-state index contributed by atoms with van der Waals surface area (Å²) in [5.74, 6) is 10.8. The molecule has 0 radical (unpaired) electrons. The Balaban J connectivity index is -0.000000110. The molecule has 0 heterocycles. The molecule has 0 unspecified atom stereocenters. The molecule has 0 aliphatic heterocycles. The Morgan fingerprint density at radius 3 is 0.795 bits per heavy atom. The van der Waals surface area contributed by atoms with Gasteiger partial charge in [-0.05, 0) is 74.6 Å². The smallest absolute Gasteiger partial charge is 0.165 e. The lowest BCUT2D eigenvalue weighted by Gasteiger charge is -2.02. The maximum atomic E-state index is 11.3. The van der Waals surface area contributed by atoms with E-state index in [1.54, 1.807) is 20.8 Å². The van der Waals surface area contributed by atoms with E-state index < -0.39 is 0 Å². The van der Waals surface area contributed by atoms with Crippen molar-refractivity contribution in [3.8, 4) is 11.8 Å². The minimum absolute atomic E-state index is 0.0948. The van der Waals surface area contributed by atoms with Crippen molar-refractivity contribution < 1.29 is 19.2 Å². The summed E-state index contributed by atoms with van der Waals surface area (Å²) in [5, 5.41) is 0. The molecule has 0 aliphatic carbocycles. The van der Waals surface area contributed by atoms with E-state index in [9.17, 15) is 19.2 Å². The van der Waals surface area contributed by atoms with Gasteiger partial charge in [0.25, 0.3) is 0 Å². The molecule has 418 valence electrons. The summed E-state index contributed by atoms with van der Waals surface area (Å²) in [7, 11) is 0. The van der Waals surface area contributed by atoms with Crippen LogP contribution in [0.2, 0.25) is 0 Å². The zero-order chi connectivity index (χ0) is 58.9. The van der Waals surface area contributed by atoms with Crippen LogP contribution in [0, 0.1) is 59.2 Å². The van der Waals surface area contributed by atoms with E-state index in [0.29, 0.717) is 5.92 Å².